The van der Waals surface area contributed by atoms with E-state index in [-0.39, 0.29) is 10.8 Å². The molecule has 2 N–H and O–H groups in total. The maximum atomic E-state index is 13.0. The van der Waals surface area contributed by atoms with Gasteiger partial charge in [-0.25, -0.2) is 8.42 Å². The molecule has 2 heterocycles. The first-order valence-electron chi connectivity index (χ1n) is 10.6. The summed E-state index contributed by atoms with van der Waals surface area (Å²) in [5.74, 6) is -0.318. The van der Waals surface area contributed by atoms with Gasteiger partial charge in [0.05, 0.1) is 16.3 Å². The van der Waals surface area contributed by atoms with Crippen molar-refractivity contribution >= 4 is 62.0 Å². The second-order valence-electron chi connectivity index (χ2n) is 7.68. The van der Waals surface area contributed by atoms with E-state index in [1.165, 1.54) is 29.9 Å². The van der Waals surface area contributed by atoms with E-state index < -0.39 is 10.0 Å². The number of piperidine rings is 1. The first-order valence-corrected chi connectivity index (χ1v) is 13.3. The first-order chi connectivity index (χ1) is 15.9. The molecule has 1 amide bonds. The van der Waals surface area contributed by atoms with Crippen LogP contribution < -0.4 is 14.9 Å². The summed E-state index contributed by atoms with van der Waals surface area (Å²) >= 11 is 7.43. The quantitative estimate of drug-likeness (QED) is 0.398. The Kier molecular flexibility index (Phi) is 7.37. The zero-order valence-corrected chi connectivity index (χ0v) is 20.2. The molecule has 1 aliphatic rings. The molecule has 6 nitrogen and oxygen atoms in total. The standard InChI is InChI=1S/C24H24ClN3O3S2/c25-18-6-8-19(9-7-18)27-33(30,31)21-11-12-23(28-14-2-1-3-15-28)22(17-21)26-24(29)13-10-20-5-4-16-32-20/h4-13,16-17,27H,1-3,14-15H2,(H,26,29)/b13-10+. The Morgan fingerprint density at radius 3 is 2.48 bits per heavy atom. The maximum Gasteiger partial charge on any atom is 0.261 e. The van der Waals surface area contributed by atoms with Gasteiger partial charge in [0.1, 0.15) is 0 Å². The van der Waals surface area contributed by atoms with Crippen LogP contribution in [0.25, 0.3) is 6.08 Å². The third-order valence-corrected chi connectivity index (χ3v) is 7.74. The van der Waals surface area contributed by atoms with Crippen LogP contribution in [0.1, 0.15) is 24.1 Å². The average molecular weight is 502 g/mol. The van der Waals surface area contributed by atoms with Gasteiger partial charge in [0, 0.05) is 34.8 Å². The Morgan fingerprint density at radius 2 is 1.79 bits per heavy atom. The van der Waals surface area contributed by atoms with Gasteiger partial charge in [-0.05, 0) is 79.2 Å². The molecule has 0 spiro atoms. The molecule has 3 aromatic rings. The third kappa shape index (κ3) is 6.16. The minimum atomic E-state index is -3.86. The summed E-state index contributed by atoms with van der Waals surface area (Å²) in [6.07, 6.45) is 6.48. The van der Waals surface area contributed by atoms with Crippen molar-refractivity contribution in [1.29, 1.82) is 0 Å². The van der Waals surface area contributed by atoms with Crippen LogP contribution in [0.5, 0.6) is 0 Å². The summed E-state index contributed by atoms with van der Waals surface area (Å²) in [5.41, 5.74) is 1.69. The number of amides is 1. The van der Waals surface area contributed by atoms with Crippen molar-refractivity contribution in [2.75, 3.05) is 28.0 Å². The largest absolute Gasteiger partial charge is 0.370 e. The fourth-order valence-electron chi connectivity index (χ4n) is 3.64. The van der Waals surface area contributed by atoms with Crippen molar-refractivity contribution in [2.45, 2.75) is 24.2 Å². The maximum absolute atomic E-state index is 13.0. The minimum absolute atomic E-state index is 0.0655. The van der Waals surface area contributed by atoms with E-state index in [1.54, 1.807) is 42.5 Å². The highest BCUT2D eigenvalue weighted by Gasteiger charge is 2.20. The summed E-state index contributed by atoms with van der Waals surface area (Å²) in [6.45, 7) is 1.73. The SMILES string of the molecule is O=C(/C=C/c1cccs1)Nc1cc(S(=O)(=O)Nc2ccc(Cl)cc2)ccc1N1CCCCC1. The van der Waals surface area contributed by atoms with Crippen LogP contribution in [-0.4, -0.2) is 27.4 Å². The number of thiophene rings is 1. The Hall–Kier alpha value is -2.81. The van der Waals surface area contributed by atoms with Gasteiger partial charge >= 0.3 is 0 Å². The molecule has 0 saturated carbocycles. The highest BCUT2D eigenvalue weighted by atomic mass is 35.5. The summed E-state index contributed by atoms with van der Waals surface area (Å²) in [6, 6.07) is 15.1. The number of anilines is 3. The number of nitrogens with zero attached hydrogens (tertiary/aromatic N) is 1. The van der Waals surface area contributed by atoms with Crippen LogP contribution in [0.2, 0.25) is 5.02 Å². The molecule has 172 valence electrons. The summed E-state index contributed by atoms with van der Waals surface area (Å²) in [5, 5.41) is 5.34. The highest BCUT2D eigenvalue weighted by molar-refractivity contribution is 7.92. The van der Waals surface area contributed by atoms with Crippen molar-refractivity contribution in [3.05, 3.63) is 76.0 Å². The molecule has 0 bridgehead atoms. The van der Waals surface area contributed by atoms with Gasteiger partial charge in [-0.15, -0.1) is 11.3 Å². The van der Waals surface area contributed by atoms with Gasteiger partial charge in [-0.2, -0.15) is 0 Å². The smallest absolute Gasteiger partial charge is 0.261 e. The average Bonchev–Trinajstić information content (AvgIpc) is 3.33. The number of nitrogens with one attached hydrogen (secondary N) is 2. The van der Waals surface area contributed by atoms with Gasteiger partial charge < -0.3 is 10.2 Å². The zero-order chi connectivity index (χ0) is 23.3. The van der Waals surface area contributed by atoms with E-state index in [0.29, 0.717) is 16.4 Å². The monoisotopic (exact) mass is 501 g/mol. The third-order valence-electron chi connectivity index (χ3n) is 5.27. The number of hydrogen-bond donors (Lipinski definition) is 2. The van der Waals surface area contributed by atoms with Crippen LogP contribution in [0, 0.1) is 0 Å². The number of rotatable bonds is 7. The predicted octanol–water partition coefficient (Wildman–Crippen LogP) is 5.84. The van der Waals surface area contributed by atoms with Gasteiger partial charge in [0.25, 0.3) is 10.0 Å². The van der Waals surface area contributed by atoms with Gasteiger partial charge in [0.15, 0.2) is 0 Å². The molecule has 1 saturated heterocycles. The van der Waals surface area contributed by atoms with Crippen molar-refractivity contribution in [3.8, 4) is 0 Å². The number of halogens is 1. The Morgan fingerprint density at radius 1 is 1.03 bits per heavy atom. The number of carbonyl (C=O) groups excluding carboxylic acids is 1. The fraction of sp³-hybridized carbons (Fsp3) is 0.208. The van der Waals surface area contributed by atoms with E-state index in [0.717, 1.165) is 36.5 Å². The molecule has 0 radical (unpaired) electrons. The van der Waals surface area contributed by atoms with E-state index in [9.17, 15) is 13.2 Å². The van der Waals surface area contributed by atoms with E-state index in [4.69, 9.17) is 11.6 Å². The second-order valence-corrected chi connectivity index (χ2v) is 10.8. The lowest BCUT2D eigenvalue weighted by Gasteiger charge is -2.30. The molecule has 1 fully saturated rings. The first kappa shape index (κ1) is 23.4. The number of benzene rings is 2. The molecular formula is C24H24ClN3O3S2. The fourth-order valence-corrected chi connectivity index (χ4v) is 5.47. The van der Waals surface area contributed by atoms with Crippen molar-refractivity contribution in [3.63, 3.8) is 0 Å². The molecule has 0 atom stereocenters. The topological polar surface area (TPSA) is 78.5 Å². The number of hydrogen-bond acceptors (Lipinski definition) is 5. The predicted molar refractivity (Wildman–Crippen MR) is 137 cm³/mol. The van der Waals surface area contributed by atoms with Crippen molar-refractivity contribution < 1.29 is 13.2 Å². The summed E-state index contributed by atoms with van der Waals surface area (Å²) < 4.78 is 28.6. The molecule has 0 unspecified atom stereocenters. The van der Waals surface area contributed by atoms with Crippen LogP contribution in [0.3, 0.4) is 0 Å². The van der Waals surface area contributed by atoms with Crippen molar-refractivity contribution in [1.82, 2.24) is 0 Å². The molecule has 33 heavy (non-hydrogen) atoms. The molecule has 2 aromatic carbocycles. The van der Waals surface area contributed by atoms with Gasteiger partial charge in [0.2, 0.25) is 5.91 Å². The van der Waals surface area contributed by atoms with Gasteiger partial charge in [-0.3, -0.25) is 9.52 Å². The summed E-state index contributed by atoms with van der Waals surface area (Å²) in [7, 11) is -3.86. The Balaban J connectivity index is 1.62. The Bertz CT molecular complexity index is 1230. The second kappa shape index (κ2) is 10.4. The van der Waals surface area contributed by atoms with Crippen LogP contribution in [-0.2, 0) is 14.8 Å². The van der Waals surface area contributed by atoms with Crippen LogP contribution in [0.15, 0.2) is 70.9 Å². The molecule has 1 aliphatic heterocycles. The highest BCUT2D eigenvalue weighted by Crippen LogP contribution is 2.32. The lowest BCUT2D eigenvalue weighted by Crippen LogP contribution is -2.30. The molecule has 1 aromatic heterocycles. The molecule has 4 rings (SSSR count). The molecule has 9 heteroatoms. The van der Waals surface area contributed by atoms with E-state index in [2.05, 4.69) is 14.9 Å². The lowest BCUT2D eigenvalue weighted by atomic mass is 10.1. The van der Waals surface area contributed by atoms with E-state index >= 15 is 0 Å². The van der Waals surface area contributed by atoms with E-state index in [1.807, 2.05) is 17.5 Å². The minimum Gasteiger partial charge on any atom is -0.370 e. The van der Waals surface area contributed by atoms with Crippen LogP contribution in [0.4, 0.5) is 17.1 Å². The molecule has 0 aliphatic carbocycles. The normalized spacial score (nSPS) is 14.4. The van der Waals surface area contributed by atoms with Crippen LogP contribution >= 0.6 is 22.9 Å². The Labute approximate surface area is 202 Å². The zero-order valence-electron chi connectivity index (χ0n) is 17.8. The lowest BCUT2D eigenvalue weighted by molar-refractivity contribution is -0.111. The number of carbonyl (C=O) groups is 1. The van der Waals surface area contributed by atoms with Gasteiger partial charge in [-0.1, -0.05) is 17.7 Å². The summed E-state index contributed by atoms with van der Waals surface area (Å²) in [4.78, 5) is 15.9. The molecular weight excluding hydrogens is 478 g/mol. The van der Waals surface area contributed by atoms with Crippen molar-refractivity contribution in [2.24, 2.45) is 0 Å². The number of sulfonamides is 1.